The molecule has 0 saturated carbocycles. The Morgan fingerprint density at radius 1 is 1.22 bits per heavy atom. The first-order chi connectivity index (χ1) is 13.1. The van der Waals surface area contributed by atoms with Crippen LogP contribution in [0.2, 0.25) is 0 Å². The van der Waals surface area contributed by atoms with E-state index in [1.165, 1.54) is 18.2 Å². The standard InChI is InChI=1S/C20H22FN3O3/c1-2-10-22-20(26)18-12-24(16-8-3-4-9-17(16)27-18)13-19(25)23-15-7-5-6-14(21)11-15/h3-9,11,18H,2,10,12-13H2,1H3,(H,22,26)(H,23,25)/t18-/m1/s1. The maximum atomic E-state index is 13.3. The minimum Gasteiger partial charge on any atom is -0.477 e. The zero-order valence-electron chi connectivity index (χ0n) is 15.1. The average Bonchev–Trinajstić information content (AvgIpc) is 2.66. The number of rotatable bonds is 6. The number of benzene rings is 2. The Morgan fingerprint density at radius 3 is 2.81 bits per heavy atom. The molecule has 2 aromatic rings. The number of ether oxygens (including phenoxy) is 1. The zero-order chi connectivity index (χ0) is 19.2. The molecule has 1 heterocycles. The van der Waals surface area contributed by atoms with Crippen molar-refractivity contribution >= 4 is 23.2 Å². The largest absolute Gasteiger partial charge is 0.477 e. The number of carbonyl (C=O) groups is 2. The van der Waals surface area contributed by atoms with Gasteiger partial charge in [-0.2, -0.15) is 0 Å². The number of halogens is 1. The van der Waals surface area contributed by atoms with E-state index in [-0.39, 0.29) is 24.9 Å². The molecule has 1 aliphatic rings. The normalized spacial score (nSPS) is 15.5. The van der Waals surface area contributed by atoms with E-state index in [9.17, 15) is 14.0 Å². The number of nitrogens with zero attached hydrogens (tertiary/aromatic N) is 1. The van der Waals surface area contributed by atoms with Gasteiger partial charge in [0.2, 0.25) is 5.91 Å². The molecule has 6 nitrogen and oxygen atoms in total. The van der Waals surface area contributed by atoms with Gasteiger partial charge in [-0.1, -0.05) is 25.1 Å². The smallest absolute Gasteiger partial charge is 0.262 e. The Bertz CT molecular complexity index is 828. The van der Waals surface area contributed by atoms with Gasteiger partial charge in [0, 0.05) is 12.2 Å². The summed E-state index contributed by atoms with van der Waals surface area (Å²) in [4.78, 5) is 26.6. The van der Waals surface area contributed by atoms with E-state index in [1.807, 2.05) is 25.1 Å². The van der Waals surface area contributed by atoms with Crippen molar-refractivity contribution in [1.29, 1.82) is 0 Å². The fourth-order valence-electron chi connectivity index (χ4n) is 2.90. The van der Waals surface area contributed by atoms with Crippen LogP contribution in [0, 0.1) is 5.82 Å². The van der Waals surface area contributed by atoms with Crippen LogP contribution in [0.25, 0.3) is 0 Å². The molecule has 0 radical (unpaired) electrons. The van der Waals surface area contributed by atoms with E-state index in [0.717, 1.165) is 12.1 Å². The number of amides is 2. The van der Waals surface area contributed by atoms with Crippen molar-refractivity contribution in [2.75, 3.05) is 29.9 Å². The van der Waals surface area contributed by atoms with E-state index in [0.29, 0.717) is 18.0 Å². The summed E-state index contributed by atoms with van der Waals surface area (Å²) >= 11 is 0. The van der Waals surface area contributed by atoms with Crippen LogP contribution in [-0.4, -0.2) is 37.6 Å². The van der Waals surface area contributed by atoms with Crippen LogP contribution in [0.3, 0.4) is 0 Å². The second kappa shape index (κ2) is 8.53. The first-order valence-electron chi connectivity index (χ1n) is 8.90. The fraction of sp³-hybridized carbons (Fsp3) is 0.300. The predicted molar refractivity (Wildman–Crippen MR) is 101 cm³/mol. The zero-order valence-corrected chi connectivity index (χ0v) is 15.1. The number of anilines is 2. The molecule has 7 heteroatoms. The van der Waals surface area contributed by atoms with E-state index in [1.54, 1.807) is 17.0 Å². The molecule has 1 aliphatic heterocycles. The Kier molecular flexibility index (Phi) is 5.90. The van der Waals surface area contributed by atoms with Gasteiger partial charge in [-0.15, -0.1) is 0 Å². The summed E-state index contributed by atoms with van der Waals surface area (Å²) in [5.41, 5.74) is 1.13. The number of fused-ring (bicyclic) bond motifs is 1. The molecular weight excluding hydrogens is 349 g/mol. The molecule has 2 aromatic carbocycles. The van der Waals surface area contributed by atoms with Crippen molar-refractivity contribution in [3.63, 3.8) is 0 Å². The Morgan fingerprint density at radius 2 is 2.04 bits per heavy atom. The molecule has 0 aliphatic carbocycles. The van der Waals surface area contributed by atoms with Crippen LogP contribution in [0.15, 0.2) is 48.5 Å². The molecule has 1 atom stereocenters. The first-order valence-corrected chi connectivity index (χ1v) is 8.90. The lowest BCUT2D eigenvalue weighted by Gasteiger charge is -2.35. The van der Waals surface area contributed by atoms with Crippen LogP contribution in [0.4, 0.5) is 15.8 Å². The molecule has 0 saturated heterocycles. The number of hydrogen-bond acceptors (Lipinski definition) is 4. The van der Waals surface area contributed by atoms with Gasteiger partial charge in [-0.25, -0.2) is 4.39 Å². The van der Waals surface area contributed by atoms with Crippen LogP contribution in [-0.2, 0) is 9.59 Å². The lowest BCUT2D eigenvalue weighted by molar-refractivity contribution is -0.128. The summed E-state index contributed by atoms with van der Waals surface area (Å²) in [6, 6.07) is 13.0. The highest BCUT2D eigenvalue weighted by atomic mass is 19.1. The van der Waals surface area contributed by atoms with Crippen molar-refractivity contribution in [2.24, 2.45) is 0 Å². The highest BCUT2D eigenvalue weighted by molar-refractivity contribution is 5.95. The van der Waals surface area contributed by atoms with Gasteiger partial charge in [0.25, 0.3) is 5.91 Å². The summed E-state index contributed by atoms with van der Waals surface area (Å²) in [7, 11) is 0. The van der Waals surface area contributed by atoms with Crippen molar-refractivity contribution < 1.29 is 18.7 Å². The molecular formula is C20H22FN3O3. The second-order valence-corrected chi connectivity index (χ2v) is 6.30. The summed E-state index contributed by atoms with van der Waals surface area (Å²) in [6.45, 7) is 2.82. The average molecular weight is 371 g/mol. The van der Waals surface area contributed by atoms with Gasteiger partial charge in [0.15, 0.2) is 6.10 Å². The van der Waals surface area contributed by atoms with E-state index >= 15 is 0 Å². The van der Waals surface area contributed by atoms with Crippen molar-refractivity contribution in [3.8, 4) is 5.75 Å². The Labute approximate surface area is 157 Å². The minimum absolute atomic E-state index is 0.0223. The summed E-state index contributed by atoms with van der Waals surface area (Å²) in [6.07, 6.45) is 0.128. The SMILES string of the molecule is CCCNC(=O)[C@H]1CN(CC(=O)Nc2cccc(F)c2)c2ccccc2O1. The van der Waals surface area contributed by atoms with Gasteiger partial charge in [0.05, 0.1) is 18.8 Å². The van der Waals surface area contributed by atoms with E-state index in [2.05, 4.69) is 10.6 Å². The van der Waals surface area contributed by atoms with Crippen LogP contribution < -0.4 is 20.3 Å². The topological polar surface area (TPSA) is 70.7 Å². The van der Waals surface area contributed by atoms with Gasteiger partial charge < -0.3 is 20.3 Å². The Hall–Kier alpha value is -3.09. The molecule has 0 bridgehead atoms. The van der Waals surface area contributed by atoms with Crippen LogP contribution >= 0.6 is 0 Å². The van der Waals surface area contributed by atoms with Crippen molar-refractivity contribution in [3.05, 3.63) is 54.3 Å². The van der Waals surface area contributed by atoms with E-state index < -0.39 is 11.9 Å². The maximum Gasteiger partial charge on any atom is 0.262 e. The molecule has 2 N–H and O–H groups in total. The third-order valence-corrected chi connectivity index (χ3v) is 4.15. The number of nitrogens with one attached hydrogen (secondary N) is 2. The molecule has 0 unspecified atom stereocenters. The lowest BCUT2D eigenvalue weighted by Crippen LogP contribution is -2.50. The third-order valence-electron chi connectivity index (χ3n) is 4.15. The second-order valence-electron chi connectivity index (χ2n) is 6.30. The number of para-hydroxylation sites is 2. The predicted octanol–water partition coefficient (Wildman–Crippen LogP) is 2.56. The number of hydrogen-bond donors (Lipinski definition) is 2. The fourth-order valence-corrected chi connectivity index (χ4v) is 2.90. The highest BCUT2D eigenvalue weighted by Crippen LogP contribution is 2.33. The molecule has 142 valence electrons. The summed E-state index contributed by atoms with van der Waals surface area (Å²) in [5, 5.41) is 5.50. The molecule has 0 spiro atoms. The van der Waals surface area contributed by atoms with Crippen LogP contribution in [0.5, 0.6) is 5.75 Å². The highest BCUT2D eigenvalue weighted by Gasteiger charge is 2.31. The summed E-state index contributed by atoms with van der Waals surface area (Å²) in [5.74, 6) is -0.372. The van der Waals surface area contributed by atoms with Gasteiger partial charge in [0.1, 0.15) is 11.6 Å². The first kappa shape index (κ1) is 18.7. The quantitative estimate of drug-likeness (QED) is 0.819. The van der Waals surface area contributed by atoms with E-state index in [4.69, 9.17) is 4.74 Å². The maximum absolute atomic E-state index is 13.3. The number of carbonyl (C=O) groups excluding carboxylic acids is 2. The van der Waals surface area contributed by atoms with Gasteiger partial charge >= 0.3 is 0 Å². The molecule has 27 heavy (non-hydrogen) atoms. The monoisotopic (exact) mass is 371 g/mol. The molecule has 3 rings (SSSR count). The van der Waals surface area contributed by atoms with Crippen LogP contribution in [0.1, 0.15) is 13.3 Å². The Balaban J connectivity index is 1.72. The van der Waals surface area contributed by atoms with Crippen molar-refractivity contribution in [1.82, 2.24) is 5.32 Å². The van der Waals surface area contributed by atoms with Gasteiger partial charge in [-0.3, -0.25) is 9.59 Å². The lowest BCUT2D eigenvalue weighted by atomic mass is 10.1. The van der Waals surface area contributed by atoms with Gasteiger partial charge in [-0.05, 0) is 36.8 Å². The van der Waals surface area contributed by atoms with Crippen molar-refractivity contribution in [2.45, 2.75) is 19.4 Å². The molecule has 2 amide bonds. The third kappa shape index (κ3) is 4.75. The molecule has 0 fully saturated rings. The summed E-state index contributed by atoms with van der Waals surface area (Å²) < 4.78 is 19.1. The minimum atomic E-state index is -0.701. The molecule has 0 aromatic heterocycles.